The first-order chi connectivity index (χ1) is 3.81. The average molecular weight is 110 g/mol. The summed E-state index contributed by atoms with van der Waals surface area (Å²) < 4.78 is 0. The van der Waals surface area contributed by atoms with Gasteiger partial charge in [-0.1, -0.05) is 19.8 Å². The van der Waals surface area contributed by atoms with Crippen LogP contribution in [0.4, 0.5) is 0 Å². The predicted octanol–water partition coefficient (Wildman–Crippen LogP) is 2.59. The highest BCUT2D eigenvalue weighted by molar-refractivity contribution is 5.00. The fraction of sp³-hybridized carbons (Fsp3) is 1.00. The fourth-order valence-corrected chi connectivity index (χ4v) is 2.18. The molecule has 0 heteroatoms. The Bertz CT molecular complexity index is 105. The summed E-state index contributed by atoms with van der Waals surface area (Å²) in [4.78, 5) is 0. The minimum atomic E-state index is 0.845. The van der Waals surface area contributed by atoms with E-state index >= 15 is 0 Å². The first kappa shape index (κ1) is 4.84. The lowest BCUT2D eigenvalue weighted by atomic mass is 9.90. The summed E-state index contributed by atoms with van der Waals surface area (Å²) in [6, 6.07) is 0. The van der Waals surface area contributed by atoms with E-state index in [1.807, 2.05) is 0 Å². The van der Waals surface area contributed by atoms with Crippen molar-refractivity contribution >= 4 is 0 Å². The summed E-state index contributed by atoms with van der Waals surface area (Å²) in [5.74, 6) is 1.15. The van der Waals surface area contributed by atoms with Gasteiger partial charge in [0.2, 0.25) is 0 Å². The van der Waals surface area contributed by atoms with E-state index in [2.05, 4.69) is 6.92 Å². The van der Waals surface area contributed by atoms with Gasteiger partial charge in [-0.3, -0.25) is 0 Å². The zero-order valence-electron chi connectivity index (χ0n) is 5.61. The molecule has 8 heavy (non-hydrogen) atoms. The lowest BCUT2D eigenvalue weighted by Gasteiger charge is -2.15. The highest BCUT2D eigenvalue weighted by Gasteiger charge is 2.50. The molecule has 0 nitrogen and oxygen atoms in total. The summed E-state index contributed by atoms with van der Waals surface area (Å²) in [5, 5.41) is 0. The molecule has 2 rings (SSSR count). The van der Waals surface area contributed by atoms with Crippen molar-refractivity contribution in [2.45, 2.75) is 39.0 Å². The fourth-order valence-electron chi connectivity index (χ4n) is 2.18. The molecule has 0 heterocycles. The maximum absolute atomic E-state index is 2.46. The molecule has 0 bridgehead atoms. The Hall–Kier alpha value is 0. The van der Waals surface area contributed by atoms with Gasteiger partial charge in [0.15, 0.2) is 0 Å². The molecule has 2 fully saturated rings. The van der Waals surface area contributed by atoms with E-state index < -0.39 is 0 Å². The van der Waals surface area contributed by atoms with Crippen molar-refractivity contribution in [3.63, 3.8) is 0 Å². The molecule has 0 aromatic rings. The zero-order valence-corrected chi connectivity index (χ0v) is 5.61. The van der Waals surface area contributed by atoms with Gasteiger partial charge in [0, 0.05) is 0 Å². The quantitative estimate of drug-likeness (QED) is 0.449. The Balaban J connectivity index is 2.04. The van der Waals surface area contributed by atoms with Crippen molar-refractivity contribution in [3.05, 3.63) is 0 Å². The molecule has 0 aromatic carbocycles. The lowest BCUT2D eigenvalue weighted by Crippen LogP contribution is -2.03. The van der Waals surface area contributed by atoms with E-state index in [0.717, 1.165) is 11.3 Å². The Morgan fingerprint density at radius 2 is 2.25 bits per heavy atom. The highest BCUT2D eigenvalue weighted by Crippen LogP contribution is 2.60. The van der Waals surface area contributed by atoms with Gasteiger partial charge in [0.05, 0.1) is 0 Å². The van der Waals surface area contributed by atoms with Crippen molar-refractivity contribution in [3.8, 4) is 0 Å². The van der Waals surface area contributed by atoms with Gasteiger partial charge in [0.25, 0.3) is 0 Å². The maximum Gasteiger partial charge on any atom is -0.0294 e. The predicted molar refractivity (Wildman–Crippen MR) is 34.7 cm³/mol. The van der Waals surface area contributed by atoms with Crippen LogP contribution in [0.15, 0.2) is 0 Å². The molecule has 2 atom stereocenters. The van der Waals surface area contributed by atoms with E-state index in [1.54, 1.807) is 6.42 Å². The molecule has 0 radical (unpaired) electrons. The van der Waals surface area contributed by atoms with Crippen LogP contribution in [-0.2, 0) is 0 Å². The van der Waals surface area contributed by atoms with E-state index in [-0.39, 0.29) is 0 Å². The van der Waals surface area contributed by atoms with Gasteiger partial charge < -0.3 is 0 Å². The van der Waals surface area contributed by atoms with Crippen LogP contribution in [0, 0.1) is 11.3 Å². The van der Waals surface area contributed by atoms with Crippen molar-refractivity contribution in [1.82, 2.24) is 0 Å². The van der Waals surface area contributed by atoms with Crippen LogP contribution in [0.2, 0.25) is 0 Å². The Labute approximate surface area is 51.3 Å². The molecule has 2 saturated carbocycles. The molecule has 2 aliphatic rings. The summed E-state index contributed by atoms with van der Waals surface area (Å²) >= 11 is 0. The largest absolute Gasteiger partial charge is 0.0594 e. The van der Waals surface area contributed by atoms with Crippen molar-refractivity contribution < 1.29 is 0 Å². The molecule has 0 spiro atoms. The molecule has 2 aliphatic carbocycles. The van der Waals surface area contributed by atoms with Gasteiger partial charge in [-0.25, -0.2) is 0 Å². The maximum atomic E-state index is 2.46. The molecule has 0 amide bonds. The summed E-state index contributed by atoms with van der Waals surface area (Å²) in [6.45, 7) is 2.46. The molecular formula is C8H14. The second kappa shape index (κ2) is 1.29. The Morgan fingerprint density at radius 3 is 2.75 bits per heavy atom. The normalized spacial score (nSPS) is 52.9. The summed E-state index contributed by atoms with van der Waals surface area (Å²) in [5.41, 5.74) is 0.845. The number of hydrogen-bond donors (Lipinski definition) is 0. The smallest absolute Gasteiger partial charge is 0.0294 e. The van der Waals surface area contributed by atoms with Gasteiger partial charge >= 0.3 is 0 Å². The second-order valence-electron chi connectivity index (χ2n) is 3.80. The van der Waals surface area contributed by atoms with Gasteiger partial charge in [0.1, 0.15) is 0 Å². The van der Waals surface area contributed by atoms with Crippen LogP contribution in [0.25, 0.3) is 0 Å². The van der Waals surface area contributed by atoms with Crippen LogP contribution in [0.5, 0.6) is 0 Å². The summed E-state index contributed by atoms with van der Waals surface area (Å²) in [7, 11) is 0. The third-order valence-corrected chi connectivity index (χ3v) is 3.09. The topological polar surface area (TPSA) is 0 Å². The first-order valence-electron chi connectivity index (χ1n) is 3.81. The highest BCUT2D eigenvalue weighted by atomic mass is 14.5. The standard InChI is InChI=1S/C8H14/c1-8-5-3-2-4-7(8)6-8/h7H,2-6H2,1H3/t7-,8+/m0/s1. The Morgan fingerprint density at radius 1 is 1.38 bits per heavy atom. The third-order valence-electron chi connectivity index (χ3n) is 3.09. The molecule has 0 N–H and O–H groups in total. The van der Waals surface area contributed by atoms with Crippen LogP contribution in [0.3, 0.4) is 0 Å². The average Bonchev–Trinajstić information content (AvgIpc) is 2.39. The number of rotatable bonds is 0. The first-order valence-corrected chi connectivity index (χ1v) is 3.81. The molecule has 46 valence electrons. The number of fused-ring (bicyclic) bond motifs is 1. The van der Waals surface area contributed by atoms with Crippen molar-refractivity contribution in [2.75, 3.05) is 0 Å². The Kier molecular flexibility index (Phi) is 0.778. The van der Waals surface area contributed by atoms with Crippen LogP contribution >= 0.6 is 0 Å². The van der Waals surface area contributed by atoms with E-state index in [1.165, 1.54) is 25.7 Å². The van der Waals surface area contributed by atoms with Gasteiger partial charge in [-0.2, -0.15) is 0 Å². The van der Waals surface area contributed by atoms with E-state index in [9.17, 15) is 0 Å². The molecule has 0 unspecified atom stereocenters. The van der Waals surface area contributed by atoms with Crippen LogP contribution in [0.1, 0.15) is 39.0 Å². The van der Waals surface area contributed by atoms with Gasteiger partial charge in [-0.05, 0) is 30.6 Å². The summed E-state index contributed by atoms with van der Waals surface area (Å²) in [6.07, 6.45) is 7.63. The monoisotopic (exact) mass is 110 g/mol. The van der Waals surface area contributed by atoms with E-state index in [0.29, 0.717) is 0 Å². The molecule has 0 aromatic heterocycles. The third kappa shape index (κ3) is 0.519. The SMILES string of the molecule is C[C@]12CCCC[C@H]1C2. The zero-order chi connectivity index (χ0) is 5.61. The lowest BCUT2D eigenvalue weighted by molar-refractivity contribution is 0.366. The minimum Gasteiger partial charge on any atom is -0.0594 e. The molecule has 0 saturated heterocycles. The molecule has 0 aliphatic heterocycles. The minimum absolute atomic E-state index is 0.845. The number of hydrogen-bond acceptors (Lipinski definition) is 0. The molecular weight excluding hydrogens is 96.1 g/mol. The van der Waals surface area contributed by atoms with E-state index in [4.69, 9.17) is 0 Å². The van der Waals surface area contributed by atoms with Crippen molar-refractivity contribution in [1.29, 1.82) is 0 Å². The van der Waals surface area contributed by atoms with Crippen molar-refractivity contribution in [2.24, 2.45) is 11.3 Å². The van der Waals surface area contributed by atoms with Crippen LogP contribution < -0.4 is 0 Å². The second-order valence-corrected chi connectivity index (χ2v) is 3.80. The van der Waals surface area contributed by atoms with Crippen LogP contribution in [-0.4, -0.2) is 0 Å². The van der Waals surface area contributed by atoms with Gasteiger partial charge in [-0.15, -0.1) is 0 Å².